The van der Waals surface area contributed by atoms with Crippen LogP contribution in [0.5, 0.6) is 0 Å². The summed E-state index contributed by atoms with van der Waals surface area (Å²) in [6.45, 7) is 8.31. The molecule has 3 aromatic heterocycles. The third-order valence-electron chi connectivity index (χ3n) is 6.37. The highest BCUT2D eigenvalue weighted by Gasteiger charge is 2.23. The first kappa shape index (κ1) is 25.9. The van der Waals surface area contributed by atoms with Crippen molar-refractivity contribution in [2.24, 2.45) is 0 Å². The van der Waals surface area contributed by atoms with Crippen LogP contribution in [0.15, 0.2) is 18.5 Å². The molecule has 0 aliphatic carbocycles. The van der Waals surface area contributed by atoms with E-state index >= 15 is 0 Å². The second-order valence-corrected chi connectivity index (χ2v) is 9.33. The number of nitrogens with one attached hydrogen (secondary N) is 2. The van der Waals surface area contributed by atoms with Gasteiger partial charge in [-0.1, -0.05) is 19.4 Å². The molecule has 5 N–H and O–H groups in total. The van der Waals surface area contributed by atoms with Crippen molar-refractivity contribution in [1.29, 1.82) is 0 Å². The summed E-state index contributed by atoms with van der Waals surface area (Å²) in [6, 6.07) is 2.33. The lowest BCUT2D eigenvalue weighted by molar-refractivity contribution is -0.130. The molecule has 0 spiro atoms. The van der Waals surface area contributed by atoms with Gasteiger partial charge in [0.2, 0.25) is 11.9 Å². The largest absolute Gasteiger partial charge is 0.465 e. The summed E-state index contributed by atoms with van der Waals surface area (Å²) >= 11 is 0. The number of carbonyl (C=O) groups excluding carboxylic acids is 1. The van der Waals surface area contributed by atoms with Gasteiger partial charge in [0.15, 0.2) is 11.5 Å². The van der Waals surface area contributed by atoms with Crippen molar-refractivity contribution in [2.75, 3.05) is 48.7 Å². The molecule has 0 aromatic carbocycles. The predicted molar refractivity (Wildman–Crippen MR) is 140 cm³/mol. The quantitative estimate of drug-likeness (QED) is 0.331. The number of nitrogens with zero attached hydrogens (tertiary/aromatic N) is 7. The molecule has 1 atom stereocenters. The Morgan fingerprint density at radius 3 is 2.62 bits per heavy atom. The number of nitrogen functional groups attached to an aromatic ring is 1. The van der Waals surface area contributed by atoms with Crippen molar-refractivity contribution < 1.29 is 14.7 Å². The number of carboxylic acid groups (broad SMARTS) is 1. The number of hydrogen-bond acceptors (Lipinski definition) is 9. The highest BCUT2D eigenvalue weighted by Crippen LogP contribution is 2.22. The van der Waals surface area contributed by atoms with Crippen molar-refractivity contribution in [3.05, 3.63) is 35.3 Å². The minimum Gasteiger partial charge on any atom is -0.465 e. The number of piperazine rings is 1. The van der Waals surface area contributed by atoms with E-state index in [4.69, 9.17) is 15.8 Å². The third-order valence-corrected chi connectivity index (χ3v) is 6.37. The molecule has 0 unspecified atom stereocenters. The number of carbonyl (C=O) groups is 2. The van der Waals surface area contributed by atoms with Gasteiger partial charge >= 0.3 is 6.09 Å². The molecule has 4 heterocycles. The van der Waals surface area contributed by atoms with Crippen molar-refractivity contribution in [2.45, 2.75) is 46.1 Å². The van der Waals surface area contributed by atoms with E-state index in [0.29, 0.717) is 50.0 Å². The Morgan fingerprint density at radius 1 is 1.19 bits per heavy atom. The summed E-state index contributed by atoms with van der Waals surface area (Å²) in [5.74, 6) is 1.46. The predicted octanol–water partition coefficient (Wildman–Crippen LogP) is 1.52. The van der Waals surface area contributed by atoms with E-state index in [1.54, 1.807) is 15.6 Å². The number of nitrogens with two attached hydrogens (primary N) is 1. The second-order valence-electron chi connectivity index (χ2n) is 9.33. The van der Waals surface area contributed by atoms with E-state index in [-0.39, 0.29) is 18.5 Å². The number of pyridine rings is 1. The zero-order valence-corrected chi connectivity index (χ0v) is 21.4. The molecule has 1 aliphatic rings. The van der Waals surface area contributed by atoms with E-state index in [1.165, 1.54) is 0 Å². The average Bonchev–Trinajstić information content (AvgIpc) is 3.26. The smallest absolute Gasteiger partial charge is 0.405 e. The maximum Gasteiger partial charge on any atom is 0.405 e. The van der Waals surface area contributed by atoms with Crippen molar-refractivity contribution >= 4 is 35.2 Å². The molecule has 13 heteroatoms. The Morgan fingerprint density at radius 2 is 1.95 bits per heavy atom. The Balaban J connectivity index is 1.43. The summed E-state index contributed by atoms with van der Waals surface area (Å²) in [4.78, 5) is 40.1. The highest BCUT2D eigenvalue weighted by atomic mass is 16.4. The molecule has 1 saturated heterocycles. The molecule has 1 aliphatic heterocycles. The monoisotopic (exact) mass is 510 g/mol. The van der Waals surface area contributed by atoms with Crippen LogP contribution in [-0.4, -0.2) is 85.3 Å². The first-order chi connectivity index (χ1) is 17.7. The van der Waals surface area contributed by atoms with Crippen LogP contribution in [0, 0.1) is 6.92 Å². The third kappa shape index (κ3) is 6.16. The number of aromatic nitrogens is 5. The lowest BCUT2D eigenvalue weighted by Gasteiger charge is -2.36. The van der Waals surface area contributed by atoms with Crippen LogP contribution in [0.2, 0.25) is 0 Å². The average molecular weight is 511 g/mol. The summed E-state index contributed by atoms with van der Waals surface area (Å²) in [5, 5.41) is 18.8. The zero-order chi connectivity index (χ0) is 26.5. The van der Waals surface area contributed by atoms with Crippen molar-refractivity contribution in [3.63, 3.8) is 0 Å². The normalized spacial score (nSPS) is 14.6. The van der Waals surface area contributed by atoms with Gasteiger partial charge in [-0.2, -0.15) is 4.98 Å². The van der Waals surface area contributed by atoms with Crippen LogP contribution in [0.4, 0.5) is 22.4 Å². The van der Waals surface area contributed by atoms with Gasteiger partial charge < -0.3 is 31.3 Å². The first-order valence-corrected chi connectivity index (χ1v) is 12.5. The van der Waals surface area contributed by atoms with E-state index < -0.39 is 6.09 Å². The molecular formula is C24H34N10O3. The SMILES string of the molecule is CCC[C@H](C)Nc1nc(N)c2ncc(Cc3cnc(N4CCN(C(=O)CNC(=O)O)CC4)c(C)c3)n2n1. The Hall–Kier alpha value is -4.16. The van der Waals surface area contributed by atoms with Gasteiger partial charge in [-0.05, 0) is 31.4 Å². The number of imidazole rings is 1. The summed E-state index contributed by atoms with van der Waals surface area (Å²) < 4.78 is 1.74. The molecule has 0 saturated carbocycles. The van der Waals surface area contributed by atoms with Gasteiger partial charge in [-0.25, -0.2) is 19.3 Å². The molecule has 198 valence electrons. The van der Waals surface area contributed by atoms with Crippen molar-refractivity contribution in [1.82, 2.24) is 34.8 Å². The minimum absolute atomic E-state index is 0.212. The number of fused-ring (bicyclic) bond motifs is 1. The van der Waals surface area contributed by atoms with Crippen LogP contribution < -0.4 is 21.3 Å². The number of amides is 2. The standard InChI is InChI=1S/C24H34N10O3/c1-4-5-16(3)29-23-30-20(25)22-27-13-18(34(22)31-23)11-17-10-15(2)21(26-12-17)33-8-6-32(7-9-33)19(35)14-28-24(36)37/h10,12-13,16,28H,4-9,11,14H2,1-3H3,(H,36,37)(H3,25,29,30,31)/t16-/m0/s1. The molecule has 13 nitrogen and oxygen atoms in total. The van der Waals surface area contributed by atoms with Crippen LogP contribution in [0.1, 0.15) is 43.5 Å². The molecular weight excluding hydrogens is 476 g/mol. The molecule has 0 bridgehead atoms. The number of hydrogen-bond donors (Lipinski definition) is 4. The molecule has 37 heavy (non-hydrogen) atoms. The number of anilines is 3. The number of aryl methyl sites for hydroxylation is 1. The van der Waals surface area contributed by atoms with Gasteiger partial charge in [0.1, 0.15) is 12.4 Å². The molecule has 4 rings (SSSR count). The Kier molecular flexibility index (Phi) is 7.89. The van der Waals surface area contributed by atoms with E-state index in [2.05, 4.69) is 50.5 Å². The van der Waals surface area contributed by atoms with Gasteiger partial charge in [-0.15, -0.1) is 5.10 Å². The minimum atomic E-state index is -1.20. The number of rotatable bonds is 9. The lowest BCUT2D eigenvalue weighted by atomic mass is 10.1. The van der Waals surface area contributed by atoms with Gasteiger partial charge in [0.25, 0.3) is 0 Å². The summed E-state index contributed by atoms with van der Waals surface area (Å²) in [5.41, 5.74) is 9.60. The van der Waals surface area contributed by atoms with E-state index in [9.17, 15) is 9.59 Å². The Bertz CT molecular complexity index is 1270. The topological polar surface area (TPSA) is 167 Å². The van der Waals surface area contributed by atoms with Crippen LogP contribution >= 0.6 is 0 Å². The fourth-order valence-electron chi connectivity index (χ4n) is 4.55. The lowest BCUT2D eigenvalue weighted by Crippen LogP contribution is -2.51. The first-order valence-electron chi connectivity index (χ1n) is 12.5. The maximum atomic E-state index is 12.2. The second kappa shape index (κ2) is 11.3. The molecule has 3 aromatic rings. The van der Waals surface area contributed by atoms with E-state index in [1.807, 2.05) is 13.1 Å². The van der Waals surface area contributed by atoms with Gasteiger partial charge in [0.05, 0.1) is 11.9 Å². The van der Waals surface area contributed by atoms with E-state index in [0.717, 1.165) is 35.5 Å². The molecule has 0 radical (unpaired) electrons. The fraction of sp³-hybridized carbons (Fsp3) is 0.500. The van der Waals surface area contributed by atoms with Gasteiger partial charge in [0, 0.05) is 44.8 Å². The van der Waals surface area contributed by atoms with Crippen LogP contribution in [0.25, 0.3) is 5.65 Å². The summed E-state index contributed by atoms with van der Waals surface area (Å²) in [7, 11) is 0. The fourth-order valence-corrected chi connectivity index (χ4v) is 4.55. The Labute approximate surface area is 215 Å². The molecule has 1 fully saturated rings. The van der Waals surface area contributed by atoms with Crippen molar-refractivity contribution in [3.8, 4) is 0 Å². The van der Waals surface area contributed by atoms with Gasteiger partial charge in [-0.3, -0.25) is 4.79 Å². The van der Waals surface area contributed by atoms with Crippen LogP contribution in [0.3, 0.4) is 0 Å². The zero-order valence-electron chi connectivity index (χ0n) is 21.4. The molecule has 2 amide bonds. The summed E-state index contributed by atoms with van der Waals surface area (Å²) in [6.07, 6.45) is 5.05. The highest BCUT2D eigenvalue weighted by molar-refractivity contribution is 5.82. The maximum absolute atomic E-state index is 12.2. The van der Waals surface area contributed by atoms with Crippen LogP contribution in [-0.2, 0) is 11.2 Å².